The van der Waals surface area contributed by atoms with Crippen molar-refractivity contribution in [1.82, 2.24) is 10.3 Å². The maximum absolute atomic E-state index is 14.3. The molecule has 2 fully saturated rings. The molecular weight excluding hydrogens is 522 g/mol. The van der Waals surface area contributed by atoms with Crippen LogP contribution in [-0.4, -0.2) is 22.1 Å². The van der Waals surface area contributed by atoms with Crippen LogP contribution in [0.25, 0.3) is 11.5 Å². The Hall–Kier alpha value is -2.00. The number of benzene rings is 1. The molecule has 10 heteroatoms. The van der Waals surface area contributed by atoms with Gasteiger partial charge < -0.3 is 18.9 Å². The Morgan fingerprint density at radius 3 is 2.58 bits per heavy atom. The van der Waals surface area contributed by atoms with Crippen LogP contribution in [0.1, 0.15) is 99.1 Å². The van der Waals surface area contributed by atoms with Crippen molar-refractivity contribution in [2.75, 3.05) is 0 Å². The van der Waals surface area contributed by atoms with Gasteiger partial charge in [0.1, 0.15) is 17.4 Å². The van der Waals surface area contributed by atoms with Gasteiger partial charge in [-0.1, -0.05) is 47.7 Å². The van der Waals surface area contributed by atoms with Crippen LogP contribution in [0.15, 0.2) is 33.3 Å². The first-order chi connectivity index (χ1) is 17.7. The number of carbonyl (C=O) groups is 2. The second-order valence-corrected chi connectivity index (χ2v) is 11.1. The van der Waals surface area contributed by atoms with Crippen LogP contribution in [0.2, 0.25) is 5.02 Å². The Bertz CT molecular complexity index is 1310. The maximum Gasteiger partial charge on any atom is 1.00 e. The topological polar surface area (TPSA) is 109 Å². The van der Waals surface area contributed by atoms with Crippen molar-refractivity contribution < 1.29 is 57.7 Å². The van der Waals surface area contributed by atoms with E-state index in [0.29, 0.717) is 17.1 Å². The molecule has 0 radical (unpaired) electrons. The standard InChI is InChI=1S/C28H30ClFN2O5.Na/c1-28(10-2-3-11-28)23-15-22(31-36-23)27-25(16-4-5-16)26(32-37-27)18(7-9-24(34)35)13-20(33)12-17-6-8-19(29)14-21(17)30;/h6,8,14-16,18H,2-5,7,9-13H2,1H3,(H,34,35);/q;+1/p-1/t18-;/m0./s1. The average Bonchev–Trinajstić information content (AvgIpc) is 3.22. The molecule has 7 nitrogen and oxygen atoms in total. The molecule has 1 atom stereocenters. The third kappa shape index (κ3) is 6.41. The fourth-order valence-electron chi connectivity index (χ4n) is 5.48. The Kier molecular flexibility index (Phi) is 9.18. The molecule has 196 valence electrons. The van der Waals surface area contributed by atoms with Gasteiger partial charge in [-0.3, -0.25) is 4.79 Å². The van der Waals surface area contributed by atoms with Gasteiger partial charge in [0.05, 0.1) is 5.69 Å². The van der Waals surface area contributed by atoms with E-state index in [1.54, 1.807) is 0 Å². The first-order valence-electron chi connectivity index (χ1n) is 12.9. The maximum atomic E-state index is 14.3. The molecule has 0 saturated heterocycles. The number of halogens is 2. The minimum Gasteiger partial charge on any atom is -0.550 e. The van der Waals surface area contributed by atoms with Gasteiger partial charge in [-0.2, -0.15) is 0 Å². The van der Waals surface area contributed by atoms with Crippen molar-refractivity contribution in [3.05, 3.63) is 57.7 Å². The number of nitrogens with zero attached hydrogens (tertiary/aromatic N) is 2. The first kappa shape index (κ1) is 29.0. The average molecular weight is 551 g/mol. The second-order valence-electron chi connectivity index (χ2n) is 10.7. The van der Waals surface area contributed by atoms with Crippen LogP contribution < -0.4 is 34.7 Å². The summed E-state index contributed by atoms with van der Waals surface area (Å²) >= 11 is 5.82. The summed E-state index contributed by atoms with van der Waals surface area (Å²) in [6, 6.07) is 6.12. The Morgan fingerprint density at radius 1 is 1.18 bits per heavy atom. The number of carboxylic acids is 1. The van der Waals surface area contributed by atoms with Gasteiger partial charge in [0, 0.05) is 46.8 Å². The van der Waals surface area contributed by atoms with Gasteiger partial charge in [0.25, 0.3) is 0 Å². The van der Waals surface area contributed by atoms with Gasteiger partial charge in [-0.15, -0.1) is 0 Å². The van der Waals surface area contributed by atoms with E-state index < -0.39 is 17.7 Å². The van der Waals surface area contributed by atoms with Gasteiger partial charge in [-0.05, 0) is 62.1 Å². The quantitative estimate of drug-likeness (QED) is 0.338. The zero-order valence-corrected chi connectivity index (χ0v) is 24.5. The SMILES string of the molecule is CC1(c2cc(-c3onc([C@@H](CCC(=O)[O-])CC(=O)Cc4ccc(Cl)cc4F)c3C3CC3)no2)CCCC1.[Na+]. The van der Waals surface area contributed by atoms with Crippen molar-refractivity contribution in [2.24, 2.45) is 0 Å². The molecule has 2 aliphatic carbocycles. The third-order valence-corrected chi connectivity index (χ3v) is 7.98. The van der Waals surface area contributed by atoms with E-state index in [9.17, 15) is 19.1 Å². The summed E-state index contributed by atoms with van der Waals surface area (Å²) in [6.07, 6.45) is 6.09. The van der Waals surface area contributed by atoms with Crippen LogP contribution in [0.5, 0.6) is 0 Å². The molecule has 38 heavy (non-hydrogen) atoms. The molecule has 2 heterocycles. The van der Waals surface area contributed by atoms with E-state index >= 15 is 0 Å². The summed E-state index contributed by atoms with van der Waals surface area (Å²) in [5, 5.41) is 20.2. The van der Waals surface area contributed by atoms with E-state index in [2.05, 4.69) is 17.2 Å². The summed E-state index contributed by atoms with van der Waals surface area (Å²) in [5.41, 5.74) is 2.20. The number of carboxylic acid groups (broad SMARTS) is 1. The Balaban J connectivity index is 0.00000336. The van der Waals surface area contributed by atoms with Gasteiger partial charge in [0.2, 0.25) is 0 Å². The molecule has 2 aromatic heterocycles. The van der Waals surface area contributed by atoms with Crippen molar-refractivity contribution in [3.63, 3.8) is 0 Å². The number of aromatic nitrogens is 2. The fraction of sp³-hybridized carbons (Fsp3) is 0.500. The zero-order chi connectivity index (χ0) is 26.2. The summed E-state index contributed by atoms with van der Waals surface area (Å²) in [4.78, 5) is 24.3. The molecule has 2 saturated carbocycles. The van der Waals surface area contributed by atoms with Crippen LogP contribution in [0.4, 0.5) is 4.39 Å². The third-order valence-electron chi connectivity index (χ3n) is 7.75. The molecule has 2 aliphatic rings. The van der Waals surface area contributed by atoms with E-state index in [1.807, 2.05) is 6.07 Å². The predicted molar refractivity (Wildman–Crippen MR) is 132 cm³/mol. The Labute approximate surface area is 247 Å². The molecule has 0 bridgehead atoms. The molecule has 0 N–H and O–H groups in total. The van der Waals surface area contributed by atoms with E-state index in [0.717, 1.165) is 49.8 Å². The van der Waals surface area contributed by atoms with Gasteiger partial charge >= 0.3 is 29.6 Å². The van der Waals surface area contributed by atoms with Crippen molar-refractivity contribution in [1.29, 1.82) is 0 Å². The summed E-state index contributed by atoms with van der Waals surface area (Å²) in [6.45, 7) is 2.18. The number of hydrogen-bond donors (Lipinski definition) is 0. The number of rotatable bonds is 11. The molecule has 0 amide bonds. The predicted octanol–water partition coefficient (Wildman–Crippen LogP) is 2.65. The molecule has 3 aromatic rings. The minimum absolute atomic E-state index is 0. The molecular formula is C28H29ClFN2NaO5. The molecule has 0 unspecified atom stereocenters. The fourth-order valence-corrected chi connectivity index (χ4v) is 5.63. The van der Waals surface area contributed by atoms with Crippen molar-refractivity contribution >= 4 is 23.4 Å². The molecule has 0 spiro atoms. The number of aliphatic carboxylic acids is 1. The smallest absolute Gasteiger partial charge is 0.550 e. The zero-order valence-electron chi connectivity index (χ0n) is 21.7. The first-order valence-corrected chi connectivity index (χ1v) is 13.2. The van der Waals surface area contributed by atoms with Crippen molar-refractivity contribution in [2.45, 2.75) is 88.4 Å². The number of hydrogen-bond acceptors (Lipinski definition) is 7. The number of carbonyl (C=O) groups excluding carboxylic acids is 2. The van der Waals surface area contributed by atoms with Crippen LogP contribution in [0, 0.1) is 5.82 Å². The summed E-state index contributed by atoms with van der Waals surface area (Å²) in [5.74, 6) is -0.942. The van der Waals surface area contributed by atoms with Crippen LogP contribution in [0.3, 0.4) is 0 Å². The number of ketones is 1. The monoisotopic (exact) mass is 550 g/mol. The number of Topliss-reactive ketones (excluding diaryl/α,β-unsaturated/α-hetero) is 1. The van der Waals surface area contributed by atoms with Crippen molar-refractivity contribution in [3.8, 4) is 11.5 Å². The normalized spacial score (nSPS) is 17.2. The summed E-state index contributed by atoms with van der Waals surface area (Å²) < 4.78 is 25.8. The Morgan fingerprint density at radius 2 is 1.92 bits per heavy atom. The summed E-state index contributed by atoms with van der Waals surface area (Å²) in [7, 11) is 0. The minimum atomic E-state index is -1.20. The van der Waals surface area contributed by atoms with E-state index in [-0.39, 0.29) is 82.9 Å². The van der Waals surface area contributed by atoms with Crippen LogP contribution in [-0.2, 0) is 21.4 Å². The van der Waals surface area contributed by atoms with Gasteiger partial charge in [0.15, 0.2) is 11.5 Å². The van der Waals surface area contributed by atoms with Gasteiger partial charge in [-0.25, -0.2) is 4.39 Å². The molecule has 1 aromatic carbocycles. The second kappa shape index (κ2) is 12.0. The van der Waals surface area contributed by atoms with E-state index in [1.165, 1.54) is 18.2 Å². The molecule has 0 aliphatic heterocycles. The van der Waals surface area contributed by atoms with Crippen LogP contribution >= 0.6 is 11.6 Å². The largest absolute Gasteiger partial charge is 1.00 e. The van der Waals surface area contributed by atoms with E-state index in [4.69, 9.17) is 20.6 Å². The molecule has 5 rings (SSSR count).